The van der Waals surface area contributed by atoms with E-state index >= 15 is 0 Å². The predicted octanol–water partition coefficient (Wildman–Crippen LogP) is 0.223. The maximum Gasteiger partial charge on any atom is 0.267 e. The molecule has 2 amide bonds. The minimum absolute atomic E-state index is 0.414. The summed E-state index contributed by atoms with van der Waals surface area (Å²) < 4.78 is 0. The molecule has 1 aromatic rings. The van der Waals surface area contributed by atoms with E-state index in [0.717, 1.165) is 4.90 Å². The molecule has 0 aromatic heterocycles. The molecule has 0 bridgehead atoms. The van der Waals surface area contributed by atoms with Crippen LogP contribution in [0, 0.1) is 0 Å². The first-order valence-electron chi connectivity index (χ1n) is 3.81. The Kier molecular flexibility index (Phi) is 1.63. The number of hydrogen-bond donors (Lipinski definition) is 1. The van der Waals surface area contributed by atoms with Crippen molar-refractivity contribution in [3.8, 4) is 0 Å². The van der Waals surface area contributed by atoms with Crippen LogP contribution < -0.4 is 4.90 Å². The fraction of sp³-hybridized carbons (Fsp3) is 0.111. The van der Waals surface area contributed by atoms with Crippen LogP contribution in [0.25, 0.3) is 0 Å². The van der Waals surface area contributed by atoms with Gasteiger partial charge >= 0.3 is 0 Å². The molecular formula is C9H7NO3. The lowest BCUT2D eigenvalue weighted by atomic mass is 10.1. The van der Waals surface area contributed by atoms with E-state index in [1.807, 2.05) is 0 Å². The molecule has 1 atom stereocenters. The number of nitrogens with zero attached hydrogens (tertiary/aromatic N) is 1. The zero-order valence-electron chi connectivity index (χ0n) is 6.68. The van der Waals surface area contributed by atoms with Crippen LogP contribution in [-0.4, -0.2) is 17.4 Å². The molecule has 0 saturated heterocycles. The van der Waals surface area contributed by atoms with Crippen molar-refractivity contribution in [1.82, 2.24) is 0 Å². The lowest BCUT2D eigenvalue weighted by molar-refractivity contribution is -0.127. The number of aliphatic hydroxyl groups is 1. The second kappa shape index (κ2) is 2.67. The molecule has 4 heteroatoms. The molecule has 1 aromatic carbocycles. The molecule has 1 heterocycles. The summed E-state index contributed by atoms with van der Waals surface area (Å²) >= 11 is 0. The molecule has 2 rings (SSSR count). The Morgan fingerprint density at radius 1 is 1.38 bits per heavy atom. The summed E-state index contributed by atoms with van der Waals surface area (Å²) in [5.41, 5.74) is 0.953. The van der Waals surface area contributed by atoms with E-state index < -0.39 is 12.0 Å². The summed E-state index contributed by atoms with van der Waals surface area (Å²) in [6.45, 7) is 0. The molecule has 1 N–H and O–H groups in total. The summed E-state index contributed by atoms with van der Waals surface area (Å²) in [4.78, 5) is 22.7. The van der Waals surface area contributed by atoms with Crippen molar-refractivity contribution >= 4 is 18.0 Å². The Morgan fingerprint density at radius 3 is 2.77 bits per heavy atom. The molecule has 4 nitrogen and oxygen atoms in total. The maximum absolute atomic E-state index is 11.2. The summed E-state index contributed by atoms with van der Waals surface area (Å²) in [5, 5.41) is 9.40. The number of benzene rings is 1. The number of carbonyl (C=O) groups excluding carboxylic acids is 2. The van der Waals surface area contributed by atoms with Crippen LogP contribution in [0.3, 0.4) is 0 Å². The Balaban J connectivity index is 2.59. The highest BCUT2D eigenvalue weighted by Gasteiger charge is 2.35. The zero-order chi connectivity index (χ0) is 9.42. The quantitative estimate of drug-likeness (QED) is 0.624. The van der Waals surface area contributed by atoms with E-state index in [2.05, 4.69) is 0 Å². The van der Waals surface area contributed by atoms with Gasteiger partial charge in [0, 0.05) is 5.56 Å². The Morgan fingerprint density at radius 2 is 2.08 bits per heavy atom. The van der Waals surface area contributed by atoms with E-state index in [9.17, 15) is 14.7 Å². The first kappa shape index (κ1) is 7.94. The van der Waals surface area contributed by atoms with Crippen molar-refractivity contribution in [2.75, 3.05) is 4.90 Å². The van der Waals surface area contributed by atoms with Crippen LogP contribution in [0.4, 0.5) is 5.69 Å². The van der Waals surface area contributed by atoms with Gasteiger partial charge in [0.15, 0.2) is 6.10 Å². The molecule has 0 spiro atoms. The predicted molar refractivity (Wildman–Crippen MR) is 45.0 cm³/mol. The average Bonchev–Trinajstić information content (AvgIpc) is 2.41. The van der Waals surface area contributed by atoms with E-state index in [4.69, 9.17) is 0 Å². The third-order valence-corrected chi connectivity index (χ3v) is 2.07. The summed E-state index contributed by atoms with van der Waals surface area (Å²) in [6, 6.07) is 6.67. The molecular weight excluding hydrogens is 170 g/mol. The summed E-state index contributed by atoms with van der Waals surface area (Å²) in [5.74, 6) is -0.587. The standard InChI is InChI=1S/C9H7NO3/c11-5-10-7-4-2-1-3-6(7)8(12)9(10)13/h1-5,8,12H. The fourth-order valence-electron chi connectivity index (χ4n) is 1.43. The van der Waals surface area contributed by atoms with Gasteiger partial charge in [-0.1, -0.05) is 18.2 Å². The lowest BCUT2D eigenvalue weighted by Crippen LogP contribution is -2.26. The van der Waals surface area contributed by atoms with Gasteiger partial charge in [0.25, 0.3) is 5.91 Å². The average molecular weight is 177 g/mol. The van der Waals surface area contributed by atoms with Crippen molar-refractivity contribution in [3.63, 3.8) is 0 Å². The van der Waals surface area contributed by atoms with Crippen molar-refractivity contribution in [2.24, 2.45) is 0 Å². The first-order chi connectivity index (χ1) is 6.25. The minimum Gasteiger partial charge on any atom is -0.378 e. The number of fused-ring (bicyclic) bond motifs is 1. The van der Waals surface area contributed by atoms with Gasteiger partial charge in [-0.3, -0.25) is 14.5 Å². The Labute approximate surface area is 74.4 Å². The maximum atomic E-state index is 11.2. The monoisotopic (exact) mass is 177 g/mol. The van der Waals surface area contributed by atoms with Crippen molar-refractivity contribution < 1.29 is 14.7 Å². The number of imide groups is 1. The van der Waals surface area contributed by atoms with Crippen molar-refractivity contribution in [1.29, 1.82) is 0 Å². The minimum atomic E-state index is -1.19. The van der Waals surface area contributed by atoms with Crippen LogP contribution in [0.15, 0.2) is 24.3 Å². The SMILES string of the molecule is O=CN1C(=O)C(O)c2ccccc21. The van der Waals surface area contributed by atoms with Crippen LogP contribution >= 0.6 is 0 Å². The van der Waals surface area contributed by atoms with Crippen molar-refractivity contribution in [3.05, 3.63) is 29.8 Å². The molecule has 0 radical (unpaired) electrons. The van der Waals surface area contributed by atoms with E-state index in [1.54, 1.807) is 24.3 Å². The molecule has 1 aliphatic rings. The number of para-hydroxylation sites is 1. The first-order valence-corrected chi connectivity index (χ1v) is 3.81. The number of aliphatic hydroxyl groups excluding tert-OH is 1. The Hall–Kier alpha value is -1.68. The second-order valence-electron chi connectivity index (χ2n) is 2.78. The van der Waals surface area contributed by atoms with Gasteiger partial charge in [-0.2, -0.15) is 0 Å². The van der Waals surface area contributed by atoms with Gasteiger partial charge in [-0.25, -0.2) is 0 Å². The van der Waals surface area contributed by atoms with E-state index in [-0.39, 0.29) is 0 Å². The van der Waals surface area contributed by atoms with Crippen LogP contribution in [0.1, 0.15) is 11.7 Å². The number of hydrogen-bond acceptors (Lipinski definition) is 3. The highest BCUT2D eigenvalue weighted by molar-refractivity contribution is 6.14. The normalized spacial score (nSPS) is 20.2. The van der Waals surface area contributed by atoms with Gasteiger partial charge in [0.05, 0.1) is 5.69 Å². The van der Waals surface area contributed by atoms with E-state index in [0.29, 0.717) is 17.7 Å². The number of carbonyl (C=O) groups is 2. The lowest BCUT2D eigenvalue weighted by Gasteiger charge is -2.06. The molecule has 66 valence electrons. The Bertz CT molecular complexity index is 375. The summed E-state index contributed by atoms with van der Waals surface area (Å²) in [7, 11) is 0. The van der Waals surface area contributed by atoms with Gasteiger partial charge in [-0.05, 0) is 6.07 Å². The van der Waals surface area contributed by atoms with Gasteiger partial charge in [0.2, 0.25) is 6.41 Å². The summed E-state index contributed by atoms with van der Waals surface area (Å²) in [6.07, 6.45) is -0.779. The highest BCUT2D eigenvalue weighted by Crippen LogP contribution is 2.34. The van der Waals surface area contributed by atoms with Gasteiger partial charge < -0.3 is 5.11 Å². The van der Waals surface area contributed by atoms with Crippen LogP contribution in [0.5, 0.6) is 0 Å². The molecule has 0 aliphatic carbocycles. The topological polar surface area (TPSA) is 57.6 Å². The number of rotatable bonds is 1. The second-order valence-corrected chi connectivity index (χ2v) is 2.78. The number of anilines is 1. The van der Waals surface area contributed by atoms with Gasteiger partial charge in [-0.15, -0.1) is 0 Å². The molecule has 0 fully saturated rings. The fourth-order valence-corrected chi connectivity index (χ4v) is 1.43. The molecule has 1 unspecified atom stereocenters. The van der Waals surface area contributed by atoms with Crippen molar-refractivity contribution in [2.45, 2.75) is 6.10 Å². The smallest absolute Gasteiger partial charge is 0.267 e. The molecule has 1 aliphatic heterocycles. The highest BCUT2D eigenvalue weighted by atomic mass is 16.3. The third kappa shape index (κ3) is 0.957. The van der Waals surface area contributed by atoms with Crippen LogP contribution in [-0.2, 0) is 9.59 Å². The third-order valence-electron chi connectivity index (χ3n) is 2.07. The van der Waals surface area contributed by atoms with Gasteiger partial charge in [0.1, 0.15) is 0 Å². The number of amides is 2. The largest absolute Gasteiger partial charge is 0.378 e. The van der Waals surface area contributed by atoms with E-state index in [1.165, 1.54) is 0 Å². The zero-order valence-corrected chi connectivity index (χ0v) is 6.68. The molecule has 0 saturated carbocycles. The van der Waals surface area contributed by atoms with Crippen LogP contribution in [0.2, 0.25) is 0 Å². The molecule has 13 heavy (non-hydrogen) atoms.